The maximum absolute atomic E-state index is 12.3. The normalized spacial score (nSPS) is 24.2. The topological polar surface area (TPSA) is 12.0 Å². The average Bonchev–Trinajstić information content (AvgIpc) is 2.96. The van der Waals surface area contributed by atoms with E-state index in [1.54, 1.807) is 0 Å². The highest BCUT2D eigenvalue weighted by Crippen LogP contribution is 2.36. The molecule has 1 aromatic rings. The first kappa shape index (κ1) is 11.3. The Morgan fingerprint density at radius 2 is 1.88 bits per heavy atom. The highest BCUT2D eigenvalue weighted by atomic mass is 19.4. The first-order chi connectivity index (χ1) is 7.50. The van der Waals surface area contributed by atoms with Gasteiger partial charge in [0.25, 0.3) is 0 Å². The third-order valence-electron chi connectivity index (χ3n) is 3.01. The van der Waals surface area contributed by atoms with E-state index in [9.17, 15) is 13.2 Å². The average molecular weight is 229 g/mol. The maximum atomic E-state index is 12.3. The number of halogens is 3. The quantitative estimate of drug-likeness (QED) is 0.828. The zero-order valence-electron chi connectivity index (χ0n) is 9.01. The first-order valence-corrected chi connectivity index (χ1v) is 5.44. The summed E-state index contributed by atoms with van der Waals surface area (Å²) in [6.45, 7) is 2.12. The predicted molar refractivity (Wildman–Crippen MR) is 57.3 cm³/mol. The molecule has 0 spiro atoms. The standard InChI is InChI=1S/C12H14F3N/c1-2-8-7-11(8)16-10-5-3-9(4-6-10)12(13,14)15/h3-6,8,11,16H,2,7H2,1H3. The van der Waals surface area contributed by atoms with Gasteiger partial charge in [-0.05, 0) is 36.6 Å². The molecule has 16 heavy (non-hydrogen) atoms. The largest absolute Gasteiger partial charge is 0.416 e. The van der Waals surface area contributed by atoms with Crippen molar-refractivity contribution in [1.82, 2.24) is 0 Å². The van der Waals surface area contributed by atoms with Gasteiger partial charge in [-0.1, -0.05) is 13.3 Å². The van der Waals surface area contributed by atoms with Gasteiger partial charge in [0, 0.05) is 11.7 Å². The third kappa shape index (κ3) is 2.49. The van der Waals surface area contributed by atoms with Gasteiger partial charge in [-0.2, -0.15) is 13.2 Å². The van der Waals surface area contributed by atoms with Gasteiger partial charge in [0.05, 0.1) is 5.56 Å². The minimum Gasteiger partial charge on any atom is -0.382 e. The lowest BCUT2D eigenvalue weighted by Gasteiger charge is -2.09. The van der Waals surface area contributed by atoms with Crippen LogP contribution in [0.15, 0.2) is 24.3 Å². The fraction of sp³-hybridized carbons (Fsp3) is 0.500. The minimum absolute atomic E-state index is 0.446. The fourth-order valence-corrected chi connectivity index (χ4v) is 1.85. The zero-order chi connectivity index (χ0) is 11.8. The lowest BCUT2D eigenvalue weighted by atomic mass is 10.2. The molecule has 1 N–H and O–H groups in total. The molecular weight excluding hydrogens is 215 g/mol. The second-order valence-electron chi connectivity index (χ2n) is 4.23. The van der Waals surface area contributed by atoms with Crippen LogP contribution in [0, 0.1) is 5.92 Å². The van der Waals surface area contributed by atoms with E-state index in [-0.39, 0.29) is 0 Å². The van der Waals surface area contributed by atoms with E-state index in [1.165, 1.54) is 12.1 Å². The molecule has 0 bridgehead atoms. The fourth-order valence-electron chi connectivity index (χ4n) is 1.85. The molecule has 2 atom stereocenters. The molecule has 0 saturated heterocycles. The summed E-state index contributed by atoms with van der Waals surface area (Å²) in [5, 5.41) is 3.23. The predicted octanol–water partition coefficient (Wildman–Crippen LogP) is 3.92. The summed E-state index contributed by atoms with van der Waals surface area (Å²) in [6.07, 6.45) is -2.00. The van der Waals surface area contributed by atoms with Gasteiger partial charge in [-0.25, -0.2) is 0 Å². The van der Waals surface area contributed by atoms with Crippen molar-refractivity contribution in [3.8, 4) is 0 Å². The smallest absolute Gasteiger partial charge is 0.382 e. The summed E-state index contributed by atoms with van der Waals surface area (Å²) in [5.41, 5.74) is 0.176. The van der Waals surface area contributed by atoms with Crippen LogP contribution in [0.4, 0.5) is 18.9 Å². The number of benzene rings is 1. The van der Waals surface area contributed by atoms with E-state index >= 15 is 0 Å². The molecule has 0 heterocycles. The van der Waals surface area contributed by atoms with Gasteiger partial charge in [-0.15, -0.1) is 0 Å². The molecule has 1 aromatic carbocycles. The van der Waals surface area contributed by atoms with E-state index in [0.29, 0.717) is 12.0 Å². The van der Waals surface area contributed by atoms with E-state index in [4.69, 9.17) is 0 Å². The van der Waals surface area contributed by atoms with Crippen molar-refractivity contribution >= 4 is 5.69 Å². The van der Waals surface area contributed by atoms with Crippen LogP contribution in [0.3, 0.4) is 0 Å². The molecule has 2 rings (SSSR count). The number of anilines is 1. The Labute approximate surface area is 92.7 Å². The highest BCUT2D eigenvalue weighted by Gasteiger charge is 2.35. The molecule has 1 saturated carbocycles. The maximum Gasteiger partial charge on any atom is 0.416 e. The molecule has 1 aliphatic carbocycles. The Morgan fingerprint density at radius 1 is 1.25 bits per heavy atom. The van der Waals surface area contributed by atoms with E-state index < -0.39 is 11.7 Å². The summed E-state index contributed by atoms with van der Waals surface area (Å²) in [5.74, 6) is 0.683. The Bertz CT molecular complexity index is 356. The zero-order valence-corrected chi connectivity index (χ0v) is 9.01. The summed E-state index contributed by atoms with van der Waals surface area (Å²) in [4.78, 5) is 0. The van der Waals surface area contributed by atoms with Crippen LogP contribution in [0.2, 0.25) is 0 Å². The lowest BCUT2D eigenvalue weighted by Crippen LogP contribution is -2.07. The Morgan fingerprint density at radius 3 is 2.31 bits per heavy atom. The summed E-state index contributed by atoms with van der Waals surface area (Å²) in [7, 11) is 0. The molecule has 1 fully saturated rings. The monoisotopic (exact) mass is 229 g/mol. The van der Waals surface area contributed by atoms with Crippen LogP contribution < -0.4 is 5.32 Å². The van der Waals surface area contributed by atoms with Crippen molar-refractivity contribution in [3.05, 3.63) is 29.8 Å². The second kappa shape index (κ2) is 4.00. The number of hydrogen-bond donors (Lipinski definition) is 1. The number of rotatable bonds is 3. The molecule has 1 aliphatic rings. The Kier molecular flexibility index (Phi) is 2.82. The number of hydrogen-bond acceptors (Lipinski definition) is 1. The molecule has 1 nitrogen and oxygen atoms in total. The lowest BCUT2D eigenvalue weighted by molar-refractivity contribution is -0.137. The molecular formula is C12H14F3N. The van der Waals surface area contributed by atoms with Crippen LogP contribution in [0.5, 0.6) is 0 Å². The molecule has 0 radical (unpaired) electrons. The first-order valence-electron chi connectivity index (χ1n) is 5.44. The summed E-state index contributed by atoms with van der Waals surface area (Å²) >= 11 is 0. The van der Waals surface area contributed by atoms with Crippen molar-refractivity contribution in [1.29, 1.82) is 0 Å². The van der Waals surface area contributed by atoms with Gasteiger partial charge in [0.2, 0.25) is 0 Å². The van der Waals surface area contributed by atoms with Crippen molar-refractivity contribution in [3.63, 3.8) is 0 Å². The van der Waals surface area contributed by atoms with E-state index in [2.05, 4.69) is 12.2 Å². The van der Waals surface area contributed by atoms with Crippen molar-refractivity contribution in [2.45, 2.75) is 32.0 Å². The van der Waals surface area contributed by atoms with Crippen LogP contribution >= 0.6 is 0 Å². The van der Waals surface area contributed by atoms with Gasteiger partial charge in [-0.3, -0.25) is 0 Å². The van der Waals surface area contributed by atoms with Gasteiger partial charge >= 0.3 is 6.18 Å². The van der Waals surface area contributed by atoms with Gasteiger partial charge < -0.3 is 5.32 Å². The summed E-state index contributed by atoms with van der Waals surface area (Å²) < 4.78 is 36.9. The Hall–Kier alpha value is -1.19. The van der Waals surface area contributed by atoms with Gasteiger partial charge in [0.15, 0.2) is 0 Å². The highest BCUT2D eigenvalue weighted by molar-refractivity contribution is 5.47. The van der Waals surface area contributed by atoms with Crippen LogP contribution in [0.25, 0.3) is 0 Å². The van der Waals surface area contributed by atoms with Crippen molar-refractivity contribution < 1.29 is 13.2 Å². The van der Waals surface area contributed by atoms with E-state index in [1.807, 2.05) is 0 Å². The minimum atomic E-state index is -4.25. The van der Waals surface area contributed by atoms with Crippen LogP contribution in [-0.4, -0.2) is 6.04 Å². The molecule has 0 aromatic heterocycles. The van der Waals surface area contributed by atoms with Crippen LogP contribution in [0.1, 0.15) is 25.3 Å². The molecule has 2 unspecified atom stereocenters. The summed E-state index contributed by atoms with van der Waals surface area (Å²) in [6, 6.07) is 5.67. The second-order valence-corrected chi connectivity index (χ2v) is 4.23. The van der Waals surface area contributed by atoms with E-state index in [0.717, 1.165) is 30.7 Å². The molecule has 0 amide bonds. The number of alkyl halides is 3. The molecule has 4 heteroatoms. The number of nitrogens with one attached hydrogen (secondary N) is 1. The van der Waals surface area contributed by atoms with Crippen molar-refractivity contribution in [2.75, 3.05) is 5.32 Å². The van der Waals surface area contributed by atoms with Gasteiger partial charge in [0.1, 0.15) is 0 Å². The Balaban J connectivity index is 1.98. The molecule has 88 valence electrons. The molecule has 0 aliphatic heterocycles. The third-order valence-corrected chi connectivity index (χ3v) is 3.01. The SMILES string of the molecule is CCC1CC1Nc1ccc(C(F)(F)F)cc1. The van der Waals surface area contributed by atoms with Crippen molar-refractivity contribution in [2.24, 2.45) is 5.92 Å². The van der Waals surface area contributed by atoms with Crippen LogP contribution in [-0.2, 0) is 6.18 Å².